The van der Waals surface area contributed by atoms with E-state index in [9.17, 15) is 14.4 Å². The summed E-state index contributed by atoms with van der Waals surface area (Å²) >= 11 is 0. The van der Waals surface area contributed by atoms with Gasteiger partial charge >= 0.3 is 17.9 Å². The van der Waals surface area contributed by atoms with Gasteiger partial charge in [0.2, 0.25) is 0 Å². The number of hydrogen-bond donors (Lipinski definition) is 0. The van der Waals surface area contributed by atoms with Crippen LogP contribution >= 0.6 is 0 Å². The van der Waals surface area contributed by atoms with E-state index in [4.69, 9.17) is 14.2 Å². The highest BCUT2D eigenvalue weighted by atomic mass is 16.6. The summed E-state index contributed by atoms with van der Waals surface area (Å²) in [5, 5.41) is 0. The molecule has 6 nitrogen and oxygen atoms in total. The highest BCUT2D eigenvalue weighted by Gasteiger charge is 2.19. The van der Waals surface area contributed by atoms with Crippen LogP contribution in [0.15, 0.2) is 134 Å². The van der Waals surface area contributed by atoms with Gasteiger partial charge in [-0.05, 0) is 109 Å². The molecule has 0 saturated carbocycles. The van der Waals surface area contributed by atoms with Crippen LogP contribution in [-0.4, -0.2) is 37.2 Å². The molecule has 0 aromatic rings. The summed E-state index contributed by atoms with van der Waals surface area (Å²) in [6, 6.07) is 0. The molecule has 0 aromatic carbocycles. The van der Waals surface area contributed by atoms with Crippen LogP contribution in [0.25, 0.3) is 0 Å². The van der Waals surface area contributed by atoms with Crippen molar-refractivity contribution in [2.45, 2.75) is 187 Å². The van der Waals surface area contributed by atoms with Gasteiger partial charge in [-0.2, -0.15) is 0 Å². The molecule has 0 bridgehead atoms. The molecule has 0 aliphatic carbocycles. The predicted molar refractivity (Wildman–Crippen MR) is 265 cm³/mol. The number of unbranched alkanes of at least 4 members (excludes halogenated alkanes) is 8. The molecule has 346 valence electrons. The van der Waals surface area contributed by atoms with Crippen molar-refractivity contribution < 1.29 is 28.6 Å². The van der Waals surface area contributed by atoms with E-state index < -0.39 is 6.10 Å². The quantitative estimate of drug-likeness (QED) is 0.0264. The van der Waals surface area contributed by atoms with E-state index in [-0.39, 0.29) is 44.0 Å². The lowest BCUT2D eigenvalue weighted by Crippen LogP contribution is -2.30. The SMILES string of the molecule is CC/C=C\C/C=C\C/C=C\C/C=C\C/C=C\C/C=C\CCCCC(=O)OCC(COC(=O)CCCCCCCC)OC(=O)CCC/C=C\C/C=C\C/C=C\C/C=C\C/C=C\CC. The van der Waals surface area contributed by atoms with Crippen LogP contribution in [0, 0.1) is 0 Å². The first-order valence-corrected chi connectivity index (χ1v) is 24.2. The minimum Gasteiger partial charge on any atom is -0.462 e. The van der Waals surface area contributed by atoms with Crippen molar-refractivity contribution in [2.75, 3.05) is 13.2 Å². The normalized spacial score (nSPS) is 13.3. The zero-order valence-electron chi connectivity index (χ0n) is 39.3. The first-order valence-electron chi connectivity index (χ1n) is 24.2. The van der Waals surface area contributed by atoms with Gasteiger partial charge in [-0.15, -0.1) is 0 Å². The Kier molecular flexibility index (Phi) is 45.7. The lowest BCUT2D eigenvalue weighted by molar-refractivity contribution is -0.167. The Bertz CT molecular complexity index is 1400. The molecular weight excluding hydrogens is 769 g/mol. The molecule has 0 spiro atoms. The largest absolute Gasteiger partial charge is 0.462 e. The Balaban J connectivity index is 4.45. The summed E-state index contributed by atoms with van der Waals surface area (Å²) in [6.45, 7) is 6.23. The fourth-order valence-electron chi connectivity index (χ4n) is 5.83. The summed E-state index contributed by atoms with van der Waals surface area (Å²) in [6.07, 6.45) is 68.9. The van der Waals surface area contributed by atoms with Crippen LogP contribution in [0.3, 0.4) is 0 Å². The molecule has 0 aliphatic rings. The van der Waals surface area contributed by atoms with Crippen molar-refractivity contribution in [3.8, 4) is 0 Å². The molecule has 6 heteroatoms. The average Bonchev–Trinajstić information content (AvgIpc) is 3.27. The molecule has 0 amide bonds. The van der Waals surface area contributed by atoms with Gasteiger partial charge in [0.15, 0.2) is 6.10 Å². The first kappa shape index (κ1) is 57.5. The monoisotopic (exact) mass is 855 g/mol. The number of hydrogen-bond acceptors (Lipinski definition) is 6. The van der Waals surface area contributed by atoms with E-state index >= 15 is 0 Å². The van der Waals surface area contributed by atoms with Crippen LogP contribution < -0.4 is 0 Å². The number of carbonyl (C=O) groups excluding carboxylic acids is 3. The number of carbonyl (C=O) groups is 3. The maximum absolute atomic E-state index is 12.7. The average molecular weight is 855 g/mol. The lowest BCUT2D eigenvalue weighted by atomic mass is 10.1. The minimum atomic E-state index is -0.826. The predicted octanol–water partition coefficient (Wildman–Crippen LogP) is 15.9. The van der Waals surface area contributed by atoms with Gasteiger partial charge in [-0.1, -0.05) is 187 Å². The van der Waals surface area contributed by atoms with Crippen LogP contribution in [0.4, 0.5) is 0 Å². The van der Waals surface area contributed by atoms with Crippen molar-refractivity contribution in [3.05, 3.63) is 134 Å². The second kappa shape index (κ2) is 49.2. The smallest absolute Gasteiger partial charge is 0.306 e. The van der Waals surface area contributed by atoms with Gasteiger partial charge in [0.05, 0.1) is 0 Å². The molecule has 0 radical (unpaired) electrons. The fourth-order valence-corrected chi connectivity index (χ4v) is 5.83. The molecule has 0 N–H and O–H groups in total. The molecule has 1 unspecified atom stereocenters. The standard InChI is InChI=1S/C56H86O6/c1-4-7-10-13-16-18-20-22-24-26-27-28-29-31-32-34-36-38-40-43-46-49-55(58)61-52-53(51-60-54(57)48-45-42-15-12-9-6-3)62-56(59)50-47-44-41-39-37-35-33-30-25-23-21-19-17-14-11-8-5-2/h7-8,10-11,16-19,22-25,27-28,31-33,35-36,38-39,41,53H,4-6,9,12-15,20-21,26,29-30,34,37,40,42-52H2,1-3H3/b10-7-,11-8-,18-16-,19-17-,24-22-,25-23-,28-27-,32-31-,35-33-,38-36-,41-39-. The molecule has 0 fully saturated rings. The zero-order valence-corrected chi connectivity index (χ0v) is 39.3. The van der Waals surface area contributed by atoms with Crippen LogP contribution in [0.5, 0.6) is 0 Å². The van der Waals surface area contributed by atoms with Crippen LogP contribution in [-0.2, 0) is 28.6 Å². The van der Waals surface area contributed by atoms with E-state index in [2.05, 4.69) is 154 Å². The van der Waals surface area contributed by atoms with Crippen molar-refractivity contribution in [1.82, 2.24) is 0 Å². The molecule has 0 heterocycles. The van der Waals surface area contributed by atoms with E-state index in [1.165, 1.54) is 19.3 Å². The molecule has 1 atom stereocenters. The summed E-state index contributed by atoms with van der Waals surface area (Å²) in [5.74, 6) is -1.05. The van der Waals surface area contributed by atoms with E-state index in [0.29, 0.717) is 19.3 Å². The number of ether oxygens (including phenoxy) is 3. The number of allylic oxidation sites excluding steroid dienone is 22. The third kappa shape index (κ3) is 46.6. The Labute approximate surface area is 379 Å². The molecule has 0 rings (SSSR count). The van der Waals surface area contributed by atoms with E-state index in [1.807, 2.05) is 0 Å². The fraction of sp³-hybridized carbons (Fsp3) is 0.554. The van der Waals surface area contributed by atoms with Gasteiger partial charge in [-0.3, -0.25) is 14.4 Å². The lowest BCUT2D eigenvalue weighted by Gasteiger charge is -2.18. The summed E-state index contributed by atoms with van der Waals surface area (Å²) in [7, 11) is 0. The minimum absolute atomic E-state index is 0.120. The maximum Gasteiger partial charge on any atom is 0.306 e. The van der Waals surface area contributed by atoms with Gasteiger partial charge in [-0.25, -0.2) is 0 Å². The summed E-state index contributed by atoms with van der Waals surface area (Å²) in [4.78, 5) is 37.6. The van der Waals surface area contributed by atoms with Crippen molar-refractivity contribution >= 4 is 17.9 Å². The molecule has 0 aliphatic heterocycles. The Morgan fingerprint density at radius 1 is 0.339 bits per heavy atom. The Morgan fingerprint density at radius 3 is 1.03 bits per heavy atom. The third-order valence-corrected chi connectivity index (χ3v) is 9.40. The van der Waals surface area contributed by atoms with Crippen LogP contribution in [0.1, 0.15) is 181 Å². The molecular formula is C56H86O6. The number of esters is 3. The maximum atomic E-state index is 12.7. The van der Waals surface area contributed by atoms with Gasteiger partial charge < -0.3 is 14.2 Å². The zero-order chi connectivity index (χ0) is 45.1. The van der Waals surface area contributed by atoms with Gasteiger partial charge in [0, 0.05) is 19.3 Å². The highest BCUT2D eigenvalue weighted by molar-refractivity contribution is 5.71. The van der Waals surface area contributed by atoms with Crippen molar-refractivity contribution in [3.63, 3.8) is 0 Å². The third-order valence-electron chi connectivity index (χ3n) is 9.40. The molecule has 0 aromatic heterocycles. The first-order chi connectivity index (χ1) is 30.5. The second-order valence-electron chi connectivity index (χ2n) is 15.3. The van der Waals surface area contributed by atoms with Gasteiger partial charge in [0.25, 0.3) is 0 Å². The summed E-state index contributed by atoms with van der Waals surface area (Å²) < 4.78 is 16.6. The van der Waals surface area contributed by atoms with Crippen molar-refractivity contribution in [1.29, 1.82) is 0 Å². The van der Waals surface area contributed by atoms with E-state index in [0.717, 1.165) is 109 Å². The Morgan fingerprint density at radius 2 is 0.645 bits per heavy atom. The molecule has 0 saturated heterocycles. The van der Waals surface area contributed by atoms with Crippen LogP contribution in [0.2, 0.25) is 0 Å². The summed E-state index contributed by atoms with van der Waals surface area (Å²) in [5.41, 5.74) is 0. The van der Waals surface area contributed by atoms with E-state index in [1.54, 1.807) is 0 Å². The highest BCUT2D eigenvalue weighted by Crippen LogP contribution is 2.10. The second-order valence-corrected chi connectivity index (χ2v) is 15.3. The van der Waals surface area contributed by atoms with Crippen molar-refractivity contribution in [2.24, 2.45) is 0 Å². The topological polar surface area (TPSA) is 78.9 Å². The van der Waals surface area contributed by atoms with Gasteiger partial charge in [0.1, 0.15) is 13.2 Å². The molecule has 62 heavy (non-hydrogen) atoms. The number of rotatable bonds is 41. The Hall–Kier alpha value is -4.45.